The van der Waals surface area contributed by atoms with Gasteiger partial charge in [-0.25, -0.2) is 4.39 Å². The molecule has 17 heavy (non-hydrogen) atoms. The summed E-state index contributed by atoms with van der Waals surface area (Å²) in [6.45, 7) is 1.16. The smallest absolute Gasteiger partial charge is 0.128 e. The highest BCUT2D eigenvalue weighted by molar-refractivity contribution is 9.10. The second kappa shape index (κ2) is 5.42. The van der Waals surface area contributed by atoms with Gasteiger partial charge in [0.2, 0.25) is 0 Å². The Kier molecular flexibility index (Phi) is 3.91. The molecule has 0 saturated heterocycles. The molecule has 0 aliphatic heterocycles. The molecule has 1 aromatic heterocycles. The summed E-state index contributed by atoms with van der Waals surface area (Å²) in [5.41, 5.74) is 1.57. The molecule has 3 nitrogen and oxygen atoms in total. The monoisotopic (exact) mass is 297 g/mol. The van der Waals surface area contributed by atoms with Gasteiger partial charge in [0.05, 0.1) is 12.2 Å². The van der Waals surface area contributed by atoms with Gasteiger partial charge in [-0.3, -0.25) is 4.68 Å². The molecule has 1 aromatic carbocycles. The highest BCUT2D eigenvalue weighted by atomic mass is 79.9. The van der Waals surface area contributed by atoms with Crippen molar-refractivity contribution in [2.75, 3.05) is 7.05 Å². The lowest BCUT2D eigenvalue weighted by Gasteiger charge is -2.04. The van der Waals surface area contributed by atoms with Gasteiger partial charge in [0, 0.05) is 22.8 Å². The Labute approximate surface area is 108 Å². The van der Waals surface area contributed by atoms with Gasteiger partial charge >= 0.3 is 0 Å². The van der Waals surface area contributed by atoms with Crippen molar-refractivity contribution in [3.8, 4) is 0 Å². The Bertz CT molecular complexity index is 510. The molecule has 0 unspecified atom stereocenters. The molecule has 0 fully saturated rings. The highest BCUT2D eigenvalue weighted by Crippen LogP contribution is 2.16. The molecule has 0 radical (unpaired) electrons. The molecule has 0 amide bonds. The second-order valence-corrected chi connectivity index (χ2v) is 4.69. The van der Waals surface area contributed by atoms with E-state index in [1.807, 2.05) is 19.3 Å². The molecular formula is C12H13BrFN3. The number of benzene rings is 1. The summed E-state index contributed by atoms with van der Waals surface area (Å²) >= 11 is 3.33. The number of hydrogen-bond donors (Lipinski definition) is 1. The van der Waals surface area contributed by atoms with Crippen molar-refractivity contribution >= 4 is 15.9 Å². The summed E-state index contributed by atoms with van der Waals surface area (Å²) in [6, 6.07) is 6.84. The van der Waals surface area contributed by atoms with Crippen LogP contribution in [0.4, 0.5) is 4.39 Å². The number of nitrogens with one attached hydrogen (secondary N) is 1. The van der Waals surface area contributed by atoms with Gasteiger partial charge in [-0.2, -0.15) is 5.10 Å². The lowest BCUT2D eigenvalue weighted by atomic mass is 10.2. The minimum absolute atomic E-state index is 0.209. The maximum absolute atomic E-state index is 13.5. The van der Waals surface area contributed by atoms with Crippen molar-refractivity contribution in [2.45, 2.75) is 13.1 Å². The van der Waals surface area contributed by atoms with Crippen molar-refractivity contribution < 1.29 is 4.39 Å². The van der Waals surface area contributed by atoms with E-state index in [9.17, 15) is 4.39 Å². The molecule has 0 atom stereocenters. The number of halogens is 2. The van der Waals surface area contributed by atoms with E-state index >= 15 is 0 Å². The Balaban J connectivity index is 2.16. The van der Waals surface area contributed by atoms with E-state index in [-0.39, 0.29) is 5.82 Å². The molecular weight excluding hydrogens is 285 g/mol. The predicted molar refractivity (Wildman–Crippen MR) is 68.2 cm³/mol. The zero-order valence-electron chi connectivity index (χ0n) is 9.45. The minimum atomic E-state index is -0.209. The molecule has 2 aromatic rings. The van der Waals surface area contributed by atoms with E-state index in [4.69, 9.17) is 0 Å². The first-order valence-corrected chi connectivity index (χ1v) is 6.09. The minimum Gasteiger partial charge on any atom is -0.314 e. The predicted octanol–water partition coefficient (Wildman–Crippen LogP) is 2.55. The third-order valence-electron chi connectivity index (χ3n) is 2.39. The van der Waals surface area contributed by atoms with Crippen molar-refractivity contribution in [2.24, 2.45) is 0 Å². The SMILES string of the molecule is CNCc1ccn(Cc2cc(Br)ccc2F)n1. The molecule has 90 valence electrons. The van der Waals surface area contributed by atoms with Crippen molar-refractivity contribution in [3.05, 3.63) is 52.0 Å². The molecule has 0 bridgehead atoms. The van der Waals surface area contributed by atoms with E-state index in [0.29, 0.717) is 18.7 Å². The molecule has 2 rings (SSSR count). The van der Waals surface area contributed by atoms with Gasteiger partial charge in [-0.05, 0) is 31.3 Å². The molecule has 0 aliphatic carbocycles. The quantitative estimate of drug-likeness (QED) is 0.940. The summed E-state index contributed by atoms with van der Waals surface area (Å²) in [6.07, 6.45) is 1.85. The topological polar surface area (TPSA) is 29.9 Å². The van der Waals surface area contributed by atoms with Gasteiger partial charge in [0.15, 0.2) is 0 Å². The molecule has 1 N–H and O–H groups in total. The van der Waals surface area contributed by atoms with Crippen LogP contribution in [0.25, 0.3) is 0 Å². The number of aromatic nitrogens is 2. The van der Waals surface area contributed by atoms with Gasteiger partial charge in [0.25, 0.3) is 0 Å². The maximum atomic E-state index is 13.5. The standard InChI is InChI=1S/C12H13BrFN3/c1-15-7-11-4-5-17(16-11)8-9-6-10(13)2-3-12(9)14/h2-6,15H,7-8H2,1H3. The normalized spacial score (nSPS) is 10.8. The summed E-state index contributed by atoms with van der Waals surface area (Å²) in [7, 11) is 1.87. The first kappa shape index (κ1) is 12.3. The van der Waals surface area contributed by atoms with Crippen LogP contribution in [0, 0.1) is 5.82 Å². The maximum Gasteiger partial charge on any atom is 0.128 e. The van der Waals surface area contributed by atoms with E-state index in [0.717, 1.165) is 10.2 Å². The van der Waals surface area contributed by atoms with E-state index in [1.165, 1.54) is 6.07 Å². The number of rotatable bonds is 4. The summed E-state index contributed by atoms with van der Waals surface area (Å²) < 4.78 is 16.1. The third kappa shape index (κ3) is 3.14. The van der Waals surface area contributed by atoms with Gasteiger partial charge in [0.1, 0.15) is 5.82 Å². The number of nitrogens with zero attached hydrogens (tertiary/aromatic N) is 2. The second-order valence-electron chi connectivity index (χ2n) is 3.77. The fraction of sp³-hybridized carbons (Fsp3) is 0.250. The third-order valence-corrected chi connectivity index (χ3v) is 2.89. The van der Waals surface area contributed by atoms with Crippen molar-refractivity contribution in [3.63, 3.8) is 0 Å². The lowest BCUT2D eigenvalue weighted by Crippen LogP contribution is -2.08. The molecule has 5 heteroatoms. The molecule has 0 aliphatic rings. The van der Waals surface area contributed by atoms with Gasteiger partial charge < -0.3 is 5.32 Å². The summed E-state index contributed by atoms with van der Waals surface area (Å²) in [4.78, 5) is 0. The average Bonchev–Trinajstić information content (AvgIpc) is 2.72. The first-order chi connectivity index (χ1) is 8.19. The Morgan fingerprint density at radius 2 is 2.24 bits per heavy atom. The van der Waals surface area contributed by atoms with Crippen LogP contribution in [-0.2, 0) is 13.1 Å². The average molecular weight is 298 g/mol. The molecule has 0 spiro atoms. The Morgan fingerprint density at radius 1 is 1.41 bits per heavy atom. The van der Waals surface area contributed by atoms with Crippen LogP contribution in [0.1, 0.15) is 11.3 Å². The fourth-order valence-corrected chi connectivity index (χ4v) is 2.01. The Hall–Kier alpha value is -1.20. The fourth-order valence-electron chi connectivity index (χ4n) is 1.61. The van der Waals surface area contributed by atoms with Gasteiger partial charge in [-0.1, -0.05) is 15.9 Å². The molecule has 1 heterocycles. The van der Waals surface area contributed by atoms with Crippen LogP contribution in [0.3, 0.4) is 0 Å². The van der Waals surface area contributed by atoms with E-state index < -0.39 is 0 Å². The van der Waals surface area contributed by atoms with Crippen molar-refractivity contribution in [1.29, 1.82) is 0 Å². The van der Waals surface area contributed by atoms with Crippen LogP contribution in [0.2, 0.25) is 0 Å². The van der Waals surface area contributed by atoms with Crippen LogP contribution < -0.4 is 5.32 Å². The van der Waals surface area contributed by atoms with Crippen LogP contribution in [0.15, 0.2) is 34.9 Å². The largest absolute Gasteiger partial charge is 0.314 e. The van der Waals surface area contributed by atoms with E-state index in [2.05, 4.69) is 26.3 Å². The highest BCUT2D eigenvalue weighted by Gasteiger charge is 2.05. The van der Waals surface area contributed by atoms with Crippen molar-refractivity contribution in [1.82, 2.24) is 15.1 Å². The lowest BCUT2D eigenvalue weighted by molar-refractivity contribution is 0.580. The van der Waals surface area contributed by atoms with E-state index in [1.54, 1.807) is 16.8 Å². The zero-order valence-corrected chi connectivity index (χ0v) is 11.0. The summed E-state index contributed by atoms with van der Waals surface area (Å²) in [5, 5.41) is 7.36. The van der Waals surface area contributed by atoms with Gasteiger partial charge in [-0.15, -0.1) is 0 Å². The Morgan fingerprint density at radius 3 is 3.00 bits per heavy atom. The summed E-state index contributed by atoms with van der Waals surface area (Å²) in [5.74, 6) is -0.209. The first-order valence-electron chi connectivity index (χ1n) is 5.30. The van der Waals surface area contributed by atoms with Crippen LogP contribution in [0.5, 0.6) is 0 Å². The zero-order chi connectivity index (χ0) is 12.3. The molecule has 0 saturated carbocycles. The van der Waals surface area contributed by atoms with Crippen LogP contribution in [-0.4, -0.2) is 16.8 Å². The number of hydrogen-bond acceptors (Lipinski definition) is 2. The van der Waals surface area contributed by atoms with Crippen LogP contribution >= 0.6 is 15.9 Å².